The molecule has 1 aromatic heterocycles. The van der Waals surface area contributed by atoms with E-state index in [4.69, 9.17) is 0 Å². The van der Waals surface area contributed by atoms with Gasteiger partial charge in [0.2, 0.25) is 0 Å². The van der Waals surface area contributed by atoms with Crippen molar-refractivity contribution in [3.05, 3.63) is 16.8 Å². The first-order chi connectivity index (χ1) is 6.76. The lowest BCUT2D eigenvalue weighted by Crippen LogP contribution is -2.32. The number of nitrogens with one attached hydrogen (secondary N) is 1. The Kier molecular flexibility index (Phi) is 4.42. The van der Waals surface area contributed by atoms with Crippen molar-refractivity contribution in [3.8, 4) is 0 Å². The number of aliphatic hydroxyl groups excluding tert-OH is 1. The van der Waals surface area contributed by atoms with Crippen LogP contribution in [0.2, 0.25) is 0 Å². The molecule has 0 saturated carbocycles. The summed E-state index contributed by atoms with van der Waals surface area (Å²) in [6, 6.07) is 2.07. The first kappa shape index (κ1) is 11.5. The molecule has 2 nitrogen and oxygen atoms in total. The number of hydrogen-bond acceptors (Lipinski definition) is 3. The van der Waals surface area contributed by atoms with Crippen molar-refractivity contribution in [2.24, 2.45) is 5.41 Å². The van der Waals surface area contributed by atoms with Gasteiger partial charge in [-0.2, -0.15) is 11.3 Å². The largest absolute Gasteiger partial charge is 0.396 e. The van der Waals surface area contributed by atoms with Gasteiger partial charge >= 0.3 is 0 Å². The molecule has 1 rings (SSSR count). The summed E-state index contributed by atoms with van der Waals surface area (Å²) < 4.78 is 0. The molecule has 0 unspecified atom stereocenters. The van der Waals surface area contributed by atoms with Crippen molar-refractivity contribution in [1.29, 1.82) is 0 Å². The number of thiophene rings is 1. The Bertz CT molecular complexity index is 234. The van der Waals surface area contributed by atoms with E-state index in [0.29, 0.717) is 0 Å². The summed E-state index contributed by atoms with van der Waals surface area (Å²) in [6.45, 7) is 5.38. The summed E-state index contributed by atoms with van der Waals surface area (Å²) in [4.78, 5) is 0. The smallest absolute Gasteiger partial charge is 0.0504 e. The first-order valence-electron chi connectivity index (χ1n) is 5.13. The van der Waals surface area contributed by atoms with E-state index in [1.165, 1.54) is 0 Å². The summed E-state index contributed by atoms with van der Waals surface area (Å²) >= 11 is 1.69. The third-order valence-electron chi connectivity index (χ3n) is 3.02. The minimum absolute atomic E-state index is 0.0436. The fourth-order valence-electron chi connectivity index (χ4n) is 1.43. The van der Waals surface area contributed by atoms with Gasteiger partial charge in [0.25, 0.3) is 0 Å². The molecular formula is C11H19NOS. The van der Waals surface area contributed by atoms with Crippen molar-refractivity contribution >= 4 is 17.0 Å². The van der Waals surface area contributed by atoms with Crippen LogP contribution in [0.5, 0.6) is 0 Å². The van der Waals surface area contributed by atoms with Crippen LogP contribution in [-0.4, -0.2) is 18.3 Å². The van der Waals surface area contributed by atoms with Crippen LogP contribution in [0.1, 0.15) is 26.7 Å². The third-order valence-corrected chi connectivity index (χ3v) is 3.71. The van der Waals surface area contributed by atoms with E-state index in [9.17, 15) is 5.11 Å². The van der Waals surface area contributed by atoms with Gasteiger partial charge in [-0.3, -0.25) is 0 Å². The first-order valence-corrected chi connectivity index (χ1v) is 6.07. The molecule has 0 bridgehead atoms. The molecule has 0 aromatic carbocycles. The van der Waals surface area contributed by atoms with E-state index in [1.54, 1.807) is 11.3 Å². The monoisotopic (exact) mass is 213 g/mol. The van der Waals surface area contributed by atoms with E-state index in [-0.39, 0.29) is 12.0 Å². The molecule has 1 aromatic rings. The van der Waals surface area contributed by atoms with Crippen LogP contribution in [-0.2, 0) is 0 Å². The third kappa shape index (κ3) is 2.72. The molecular weight excluding hydrogens is 194 g/mol. The standard InChI is InChI=1S/C11H19NOS/c1-3-11(4-2,9-13)8-12-10-5-6-14-7-10/h5-7,12-13H,3-4,8-9H2,1-2H3. The highest BCUT2D eigenvalue weighted by atomic mass is 32.1. The number of rotatable bonds is 6. The molecule has 0 radical (unpaired) electrons. The Hall–Kier alpha value is -0.540. The lowest BCUT2D eigenvalue weighted by atomic mass is 9.83. The van der Waals surface area contributed by atoms with Gasteiger partial charge in [-0.05, 0) is 24.3 Å². The van der Waals surface area contributed by atoms with E-state index in [0.717, 1.165) is 25.1 Å². The van der Waals surface area contributed by atoms with Gasteiger partial charge in [-0.15, -0.1) is 0 Å². The summed E-state index contributed by atoms with van der Waals surface area (Å²) in [6.07, 6.45) is 2.02. The molecule has 0 spiro atoms. The van der Waals surface area contributed by atoms with Crippen molar-refractivity contribution in [1.82, 2.24) is 0 Å². The van der Waals surface area contributed by atoms with Crippen LogP contribution in [0.4, 0.5) is 5.69 Å². The zero-order valence-corrected chi connectivity index (χ0v) is 9.73. The maximum Gasteiger partial charge on any atom is 0.0504 e. The van der Waals surface area contributed by atoms with Crippen molar-refractivity contribution in [2.45, 2.75) is 26.7 Å². The zero-order valence-electron chi connectivity index (χ0n) is 8.92. The summed E-state index contributed by atoms with van der Waals surface area (Å²) in [7, 11) is 0. The van der Waals surface area contributed by atoms with E-state index < -0.39 is 0 Å². The lowest BCUT2D eigenvalue weighted by Gasteiger charge is -2.29. The summed E-state index contributed by atoms with van der Waals surface area (Å²) in [5.74, 6) is 0. The molecule has 80 valence electrons. The SMILES string of the molecule is CCC(CC)(CO)CNc1ccsc1. The van der Waals surface area contributed by atoms with Crippen LogP contribution < -0.4 is 5.32 Å². The minimum atomic E-state index is 0.0436. The lowest BCUT2D eigenvalue weighted by molar-refractivity contribution is 0.127. The summed E-state index contributed by atoms with van der Waals surface area (Å²) in [5, 5.41) is 16.9. The molecule has 1 heterocycles. The molecule has 0 aliphatic rings. The van der Waals surface area contributed by atoms with E-state index in [1.807, 2.05) is 0 Å². The number of anilines is 1. The molecule has 0 fully saturated rings. The van der Waals surface area contributed by atoms with Crippen LogP contribution in [0.25, 0.3) is 0 Å². The van der Waals surface area contributed by atoms with Gasteiger partial charge in [0.15, 0.2) is 0 Å². The van der Waals surface area contributed by atoms with Crippen LogP contribution in [0.15, 0.2) is 16.8 Å². The maximum atomic E-state index is 9.37. The zero-order chi connectivity index (χ0) is 10.4. The van der Waals surface area contributed by atoms with Crippen molar-refractivity contribution in [3.63, 3.8) is 0 Å². The average molecular weight is 213 g/mol. The van der Waals surface area contributed by atoms with Crippen LogP contribution in [0, 0.1) is 5.41 Å². The van der Waals surface area contributed by atoms with Crippen LogP contribution in [0.3, 0.4) is 0 Å². The average Bonchev–Trinajstić information content (AvgIpc) is 2.74. The van der Waals surface area contributed by atoms with Gasteiger partial charge in [0, 0.05) is 23.0 Å². The van der Waals surface area contributed by atoms with E-state index in [2.05, 4.69) is 36.0 Å². The highest BCUT2D eigenvalue weighted by Gasteiger charge is 2.24. The quantitative estimate of drug-likeness (QED) is 0.761. The highest BCUT2D eigenvalue weighted by Crippen LogP contribution is 2.26. The minimum Gasteiger partial charge on any atom is -0.396 e. The molecule has 0 saturated heterocycles. The maximum absolute atomic E-state index is 9.37. The molecule has 0 atom stereocenters. The van der Waals surface area contributed by atoms with Crippen LogP contribution >= 0.6 is 11.3 Å². The Morgan fingerprint density at radius 3 is 2.57 bits per heavy atom. The Morgan fingerprint density at radius 1 is 1.43 bits per heavy atom. The van der Waals surface area contributed by atoms with Gasteiger partial charge in [-0.1, -0.05) is 13.8 Å². The predicted octanol–water partition coefficient (Wildman–Crippen LogP) is 2.96. The summed E-state index contributed by atoms with van der Waals surface area (Å²) in [5.41, 5.74) is 1.21. The highest BCUT2D eigenvalue weighted by molar-refractivity contribution is 7.08. The second-order valence-corrected chi connectivity index (χ2v) is 4.51. The fourth-order valence-corrected chi connectivity index (χ4v) is 2.05. The fraction of sp³-hybridized carbons (Fsp3) is 0.636. The molecule has 3 heteroatoms. The van der Waals surface area contributed by atoms with Crippen molar-refractivity contribution < 1.29 is 5.11 Å². The second kappa shape index (κ2) is 5.37. The Balaban J connectivity index is 2.48. The predicted molar refractivity (Wildman–Crippen MR) is 62.9 cm³/mol. The molecule has 0 aliphatic heterocycles. The van der Waals surface area contributed by atoms with Gasteiger partial charge in [0.1, 0.15) is 0 Å². The number of aliphatic hydroxyl groups is 1. The molecule has 0 aliphatic carbocycles. The molecule has 2 N–H and O–H groups in total. The number of hydrogen-bond donors (Lipinski definition) is 2. The van der Waals surface area contributed by atoms with E-state index >= 15 is 0 Å². The van der Waals surface area contributed by atoms with Gasteiger partial charge in [-0.25, -0.2) is 0 Å². The molecule has 14 heavy (non-hydrogen) atoms. The molecule has 0 amide bonds. The van der Waals surface area contributed by atoms with Gasteiger partial charge < -0.3 is 10.4 Å². The topological polar surface area (TPSA) is 32.3 Å². The Labute approximate surface area is 90.0 Å². The normalized spacial score (nSPS) is 11.6. The van der Waals surface area contributed by atoms with Crippen molar-refractivity contribution in [2.75, 3.05) is 18.5 Å². The van der Waals surface area contributed by atoms with Gasteiger partial charge in [0.05, 0.1) is 6.61 Å². The Morgan fingerprint density at radius 2 is 2.14 bits per heavy atom. The second-order valence-electron chi connectivity index (χ2n) is 3.73.